The Balaban J connectivity index is 1.85. The first-order chi connectivity index (χ1) is 14.1. The largest absolute Gasteiger partial charge is 0.494 e. The Hall–Kier alpha value is -3.45. The number of anilines is 1. The maximum atomic E-state index is 13.9. The first kappa shape index (κ1) is 20.3. The number of hydrogen-bond acceptors (Lipinski definition) is 5. The topological polar surface area (TPSA) is 83.5 Å². The number of aliphatic hydroxyl groups excluding tert-OH is 1. The van der Waals surface area contributed by atoms with Crippen molar-refractivity contribution in [2.45, 2.75) is 13.2 Å². The fraction of sp³-hybridized carbons (Fsp3) is 0.182. The smallest absolute Gasteiger partial charge is 0.253 e. The molecular formula is C22H22FN3O3. The molecule has 7 heteroatoms. The molecule has 0 unspecified atom stereocenters. The number of pyridine rings is 1. The average Bonchev–Trinajstić information content (AvgIpc) is 2.77. The summed E-state index contributed by atoms with van der Waals surface area (Å²) in [5.41, 5.74) is 3.95. The molecule has 150 valence electrons. The Morgan fingerprint density at radius 3 is 2.72 bits per heavy atom. The molecule has 2 aromatic carbocycles. The predicted molar refractivity (Wildman–Crippen MR) is 109 cm³/mol. The molecule has 0 fully saturated rings. The van der Waals surface area contributed by atoms with Crippen molar-refractivity contribution in [1.29, 1.82) is 0 Å². The lowest BCUT2D eigenvalue weighted by molar-refractivity contribution is 0.0951. The number of hydrogen-bond donors (Lipinski definition) is 3. The van der Waals surface area contributed by atoms with E-state index in [0.717, 1.165) is 16.7 Å². The van der Waals surface area contributed by atoms with Crippen molar-refractivity contribution in [3.05, 3.63) is 77.4 Å². The molecule has 29 heavy (non-hydrogen) atoms. The fourth-order valence-corrected chi connectivity index (χ4v) is 3.04. The molecule has 0 spiro atoms. The van der Waals surface area contributed by atoms with Crippen LogP contribution in [0.25, 0.3) is 11.1 Å². The minimum atomic E-state index is -0.481. The number of rotatable bonds is 7. The van der Waals surface area contributed by atoms with Gasteiger partial charge in [-0.05, 0) is 47.0 Å². The van der Waals surface area contributed by atoms with E-state index in [0.29, 0.717) is 16.8 Å². The number of aliphatic hydroxyl groups is 1. The van der Waals surface area contributed by atoms with Gasteiger partial charge in [0.2, 0.25) is 0 Å². The lowest BCUT2D eigenvalue weighted by Gasteiger charge is -2.14. The van der Waals surface area contributed by atoms with Crippen LogP contribution in [0.4, 0.5) is 10.1 Å². The van der Waals surface area contributed by atoms with Gasteiger partial charge in [0.1, 0.15) is 0 Å². The van der Waals surface area contributed by atoms with Crippen LogP contribution in [0.2, 0.25) is 0 Å². The summed E-state index contributed by atoms with van der Waals surface area (Å²) in [5.74, 6) is -0.631. The molecule has 0 saturated heterocycles. The molecule has 0 saturated carbocycles. The molecule has 0 aliphatic carbocycles. The number of nitrogens with one attached hydrogen (secondary N) is 2. The highest BCUT2D eigenvalue weighted by atomic mass is 19.1. The van der Waals surface area contributed by atoms with Gasteiger partial charge in [-0.25, -0.2) is 4.39 Å². The van der Waals surface area contributed by atoms with E-state index in [1.54, 1.807) is 43.7 Å². The molecule has 0 radical (unpaired) electrons. The Morgan fingerprint density at radius 2 is 2.03 bits per heavy atom. The van der Waals surface area contributed by atoms with E-state index in [-0.39, 0.29) is 24.8 Å². The highest BCUT2D eigenvalue weighted by molar-refractivity contribution is 6.01. The van der Waals surface area contributed by atoms with Crippen molar-refractivity contribution in [2.75, 3.05) is 19.5 Å². The molecule has 6 nitrogen and oxygen atoms in total. The summed E-state index contributed by atoms with van der Waals surface area (Å²) in [6.45, 7) is 0.0398. The van der Waals surface area contributed by atoms with E-state index in [2.05, 4.69) is 15.6 Å². The van der Waals surface area contributed by atoms with E-state index in [1.165, 1.54) is 19.2 Å². The number of aromatic nitrogens is 1. The van der Waals surface area contributed by atoms with Crippen LogP contribution in [-0.2, 0) is 13.2 Å². The molecule has 1 amide bonds. The van der Waals surface area contributed by atoms with E-state index in [9.17, 15) is 14.3 Å². The van der Waals surface area contributed by atoms with Crippen LogP contribution >= 0.6 is 0 Å². The maximum Gasteiger partial charge on any atom is 0.253 e. The van der Waals surface area contributed by atoms with Crippen LogP contribution in [0.3, 0.4) is 0 Å². The summed E-state index contributed by atoms with van der Waals surface area (Å²) in [6, 6.07) is 11.7. The summed E-state index contributed by atoms with van der Waals surface area (Å²) in [6.07, 6.45) is 3.26. The van der Waals surface area contributed by atoms with Crippen LogP contribution < -0.4 is 15.4 Å². The maximum absolute atomic E-state index is 13.9. The van der Waals surface area contributed by atoms with Gasteiger partial charge in [-0.2, -0.15) is 0 Å². The van der Waals surface area contributed by atoms with Crippen molar-refractivity contribution >= 4 is 11.6 Å². The molecule has 0 aliphatic heterocycles. The first-order valence-electron chi connectivity index (χ1n) is 9.04. The second-order valence-corrected chi connectivity index (χ2v) is 6.35. The van der Waals surface area contributed by atoms with E-state index in [4.69, 9.17) is 4.74 Å². The molecule has 3 N–H and O–H groups in total. The first-order valence-corrected chi connectivity index (χ1v) is 9.04. The van der Waals surface area contributed by atoms with Gasteiger partial charge < -0.3 is 20.5 Å². The third-order valence-corrected chi connectivity index (χ3v) is 4.60. The summed E-state index contributed by atoms with van der Waals surface area (Å²) in [4.78, 5) is 16.9. The van der Waals surface area contributed by atoms with Crippen LogP contribution in [-0.4, -0.2) is 30.2 Å². The zero-order chi connectivity index (χ0) is 20.8. The van der Waals surface area contributed by atoms with Crippen LogP contribution in [0, 0.1) is 5.82 Å². The minimum absolute atomic E-state index is 0.129. The molecule has 1 aromatic heterocycles. The molecule has 0 bridgehead atoms. The van der Waals surface area contributed by atoms with Crippen molar-refractivity contribution in [3.8, 4) is 16.9 Å². The number of carbonyl (C=O) groups is 1. The van der Waals surface area contributed by atoms with Crippen LogP contribution in [0.1, 0.15) is 21.5 Å². The van der Waals surface area contributed by atoms with E-state index >= 15 is 0 Å². The third kappa shape index (κ3) is 4.52. The number of benzene rings is 2. The SMILES string of the molecule is CNc1ccc(-c2cnccc2CO)cc1C(=O)NCc1ccc(OC)c(F)c1. The predicted octanol–water partition coefficient (Wildman–Crippen LogP) is 3.36. The Morgan fingerprint density at radius 1 is 1.21 bits per heavy atom. The molecular weight excluding hydrogens is 373 g/mol. The van der Waals surface area contributed by atoms with Gasteiger partial charge in [0.25, 0.3) is 5.91 Å². The van der Waals surface area contributed by atoms with E-state index in [1.807, 2.05) is 6.07 Å². The number of nitrogens with zero attached hydrogens (tertiary/aromatic N) is 1. The molecule has 0 atom stereocenters. The Bertz CT molecular complexity index is 1020. The normalized spacial score (nSPS) is 10.5. The highest BCUT2D eigenvalue weighted by Crippen LogP contribution is 2.27. The molecule has 3 rings (SSSR count). The van der Waals surface area contributed by atoms with Crippen molar-refractivity contribution in [2.24, 2.45) is 0 Å². The number of halogens is 1. The number of ether oxygens (including phenoxy) is 1. The van der Waals surface area contributed by atoms with Gasteiger partial charge in [-0.15, -0.1) is 0 Å². The summed E-state index contributed by atoms with van der Waals surface area (Å²) in [7, 11) is 3.13. The Labute approximate surface area is 168 Å². The molecule has 3 aromatic rings. The summed E-state index contributed by atoms with van der Waals surface area (Å²) >= 11 is 0. The minimum Gasteiger partial charge on any atom is -0.494 e. The highest BCUT2D eigenvalue weighted by Gasteiger charge is 2.14. The summed E-state index contributed by atoms with van der Waals surface area (Å²) < 4.78 is 18.8. The van der Waals surface area contributed by atoms with Gasteiger partial charge >= 0.3 is 0 Å². The summed E-state index contributed by atoms with van der Waals surface area (Å²) in [5, 5.41) is 15.4. The zero-order valence-electron chi connectivity index (χ0n) is 16.2. The second-order valence-electron chi connectivity index (χ2n) is 6.35. The van der Waals surface area contributed by atoms with Gasteiger partial charge in [0.05, 0.1) is 19.3 Å². The lowest BCUT2D eigenvalue weighted by Crippen LogP contribution is -2.24. The third-order valence-electron chi connectivity index (χ3n) is 4.60. The van der Waals surface area contributed by atoms with E-state index < -0.39 is 5.82 Å². The van der Waals surface area contributed by atoms with Crippen molar-refractivity contribution < 1.29 is 19.0 Å². The monoisotopic (exact) mass is 395 g/mol. The number of amides is 1. The average molecular weight is 395 g/mol. The van der Waals surface area contributed by atoms with Crippen LogP contribution in [0.15, 0.2) is 54.9 Å². The quantitative estimate of drug-likeness (QED) is 0.571. The molecule has 0 aliphatic rings. The van der Waals surface area contributed by atoms with Gasteiger partial charge in [0, 0.05) is 37.2 Å². The van der Waals surface area contributed by atoms with Crippen molar-refractivity contribution in [3.63, 3.8) is 0 Å². The van der Waals surface area contributed by atoms with Gasteiger partial charge in [0.15, 0.2) is 11.6 Å². The standard InChI is InChI=1S/C22H22FN3O3/c1-24-20-5-4-15(18-12-25-8-7-16(18)13-27)10-17(20)22(28)26-11-14-3-6-21(29-2)19(23)9-14/h3-10,12,24,27H,11,13H2,1-2H3,(H,26,28). The van der Waals surface area contributed by atoms with Gasteiger partial charge in [-0.1, -0.05) is 12.1 Å². The Kier molecular flexibility index (Phi) is 6.41. The fourth-order valence-electron chi connectivity index (χ4n) is 3.04. The number of carbonyl (C=O) groups excluding carboxylic acids is 1. The lowest BCUT2D eigenvalue weighted by atomic mass is 9.99. The van der Waals surface area contributed by atoms with Crippen LogP contribution in [0.5, 0.6) is 5.75 Å². The second kappa shape index (κ2) is 9.16. The van der Waals surface area contributed by atoms with Crippen molar-refractivity contribution in [1.82, 2.24) is 10.3 Å². The van der Waals surface area contributed by atoms with Gasteiger partial charge in [-0.3, -0.25) is 9.78 Å². The zero-order valence-corrected chi connectivity index (χ0v) is 16.2. The number of methoxy groups -OCH3 is 1. The molecule has 1 heterocycles.